The molecule has 0 saturated heterocycles. The van der Waals surface area contributed by atoms with E-state index in [1.54, 1.807) is 7.11 Å². The smallest absolute Gasteiger partial charge is 0.335 e. The van der Waals surface area contributed by atoms with Crippen molar-refractivity contribution in [2.75, 3.05) is 13.7 Å². The number of aromatic amines is 1. The molecule has 136 valence electrons. The van der Waals surface area contributed by atoms with E-state index in [4.69, 9.17) is 14.6 Å². The number of hydrogen-bond donors (Lipinski definition) is 1. The van der Waals surface area contributed by atoms with Gasteiger partial charge in [0, 0.05) is 11.8 Å². The van der Waals surface area contributed by atoms with Crippen molar-refractivity contribution in [3.8, 4) is 40.1 Å². The standard InChI is InChI=1S/C20H19N5O2/c1-3-27-20-21-19(22-23-20)17-13-25(15-7-5-4-6-8-15)24-18(17)14-9-11-16(26-2)12-10-14/h4-13H,3H2,1-2H3,(H,21,22,23). The van der Waals surface area contributed by atoms with Gasteiger partial charge in [0.25, 0.3) is 0 Å². The Labute approximate surface area is 156 Å². The molecule has 0 aliphatic heterocycles. The highest BCUT2D eigenvalue weighted by molar-refractivity contribution is 5.77. The Morgan fingerprint density at radius 1 is 1.04 bits per heavy atom. The Morgan fingerprint density at radius 3 is 2.52 bits per heavy atom. The quantitative estimate of drug-likeness (QED) is 0.566. The van der Waals surface area contributed by atoms with E-state index in [9.17, 15) is 0 Å². The zero-order valence-corrected chi connectivity index (χ0v) is 15.1. The summed E-state index contributed by atoms with van der Waals surface area (Å²) in [5.41, 5.74) is 3.54. The van der Waals surface area contributed by atoms with Gasteiger partial charge in [-0.05, 0) is 43.3 Å². The summed E-state index contributed by atoms with van der Waals surface area (Å²) in [6.07, 6.45) is 1.94. The van der Waals surface area contributed by atoms with Gasteiger partial charge >= 0.3 is 6.01 Å². The lowest BCUT2D eigenvalue weighted by atomic mass is 10.1. The number of aromatic nitrogens is 5. The maximum absolute atomic E-state index is 5.38. The summed E-state index contributed by atoms with van der Waals surface area (Å²) < 4.78 is 12.5. The molecule has 0 unspecified atom stereocenters. The van der Waals surface area contributed by atoms with E-state index in [0.717, 1.165) is 28.3 Å². The molecule has 0 fully saturated rings. The van der Waals surface area contributed by atoms with Crippen LogP contribution in [0.2, 0.25) is 0 Å². The first-order valence-electron chi connectivity index (χ1n) is 8.63. The molecule has 4 aromatic rings. The average molecular weight is 361 g/mol. The first-order chi connectivity index (χ1) is 13.3. The highest BCUT2D eigenvalue weighted by atomic mass is 16.5. The first kappa shape index (κ1) is 16.8. The molecule has 7 nitrogen and oxygen atoms in total. The Balaban J connectivity index is 1.82. The van der Waals surface area contributed by atoms with Gasteiger partial charge in [0.15, 0.2) is 5.82 Å². The van der Waals surface area contributed by atoms with Gasteiger partial charge in [-0.3, -0.25) is 5.10 Å². The minimum absolute atomic E-state index is 0.320. The minimum atomic E-state index is 0.320. The van der Waals surface area contributed by atoms with Crippen LogP contribution < -0.4 is 9.47 Å². The lowest BCUT2D eigenvalue weighted by molar-refractivity contribution is 0.314. The molecule has 0 aliphatic rings. The lowest BCUT2D eigenvalue weighted by Gasteiger charge is -2.03. The van der Waals surface area contributed by atoms with Crippen molar-refractivity contribution in [3.63, 3.8) is 0 Å². The average Bonchev–Trinajstić information content (AvgIpc) is 3.36. The Hall–Kier alpha value is -3.61. The fourth-order valence-corrected chi connectivity index (χ4v) is 2.78. The van der Waals surface area contributed by atoms with E-state index in [1.807, 2.05) is 72.4 Å². The van der Waals surface area contributed by atoms with Crippen molar-refractivity contribution in [1.82, 2.24) is 25.0 Å². The van der Waals surface area contributed by atoms with Crippen LogP contribution in [0.1, 0.15) is 6.92 Å². The van der Waals surface area contributed by atoms with Crippen LogP contribution in [-0.4, -0.2) is 38.7 Å². The fourth-order valence-electron chi connectivity index (χ4n) is 2.78. The largest absolute Gasteiger partial charge is 0.497 e. The zero-order valence-electron chi connectivity index (χ0n) is 15.1. The molecule has 7 heteroatoms. The highest BCUT2D eigenvalue weighted by Gasteiger charge is 2.18. The maximum Gasteiger partial charge on any atom is 0.335 e. The molecule has 0 bridgehead atoms. The number of rotatable bonds is 6. The number of para-hydroxylation sites is 1. The summed E-state index contributed by atoms with van der Waals surface area (Å²) in [5.74, 6) is 1.40. The number of nitrogens with zero attached hydrogens (tertiary/aromatic N) is 4. The number of hydrogen-bond acceptors (Lipinski definition) is 5. The molecule has 0 radical (unpaired) electrons. The SMILES string of the molecule is CCOc1n[nH]c(-c2cn(-c3ccccc3)nc2-c2ccc(OC)cc2)n1. The normalized spacial score (nSPS) is 10.7. The van der Waals surface area contributed by atoms with Crippen LogP contribution in [0, 0.1) is 0 Å². The van der Waals surface area contributed by atoms with Gasteiger partial charge in [-0.1, -0.05) is 18.2 Å². The van der Waals surface area contributed by atoms with Crippen LogP contribution in [0.5, 0.6) is 11.8 Å². The van der Waals surface area contributed by atoms with Crippen molar-refractivity contribution in [1.29, 1.82) is 0 Å². The first-order valence-corrected chi connectivity index (χ1v) is 8.63. The van der Waals surface area contributed by atoms with Gasteiger partial charge in [-0.2, -0.15) is 10.1 Å². The van der Waals surface area contributed by atoms with Crippen LogP contribution in [0.3, 0.4) is 0 Å². The van der Waals surface area contributed by atoms with Crippen LogP contribution in [0.25, 0.3) is 28.3 Å². The van der Waals surface area contributed by atoms with Crippen LogP contribution in [0.4, 0.5) is 0 Å². The fraction of sp³-hybridized carbons (Fsp3) is 0.150. The van der Waals surface area contributed by atoms with E-state index in [2.05, 4.69) is 15.2 Å². The summed E-state index contributed by atoms with van der Waals surface area (Å²) in [6.45, 7) is 2.40. The van der Waals surface area contributed by atoms with E-state index in [-0.39, 0.29) is 0 Å². The van der Waals surface area contributed by atoms with Crippen molar-refractivity contribution in [2.24, 2.45) is 0 Å². The van der Waals surface area contributed by atoms with Crippen molar-refractivity contribution < 1.29 is 9.47 Å². The van der Waals surface area contributed by atoms with E-state index >= 15 is 0 Å². The third-order valence-electron chi connectivity index (χ3n) is 4.09. The molecule has 2 heterocycles. The molecule has 4 rings (SSSR count). The molecule has 1 N–H and O–H groups in total. The molecule has 0 spiro atoms. The predicted molar refractivity (Wildman–Crippen MR) is 102 cm³/mol. The van der Waals surface area contributed by atoms with Crippen molar-refractivity contribution >= 4 is 0 Å². The summed E-state index contributed by atoms with van der Waals surface area (Å²) in [4.78, 5) is 4.43. The summed E-state index contributed by atoms with van der Waals surface area (Å²) in [6, 6.07) is 18.0. The van der Waals surface area contributed by atoms with Crippen LogP contribution in [-0.2, 0) is 0 Å². The van der Waals surface area contributed by atoms with Gasteiger partial charge in [0.05, 0.1) is 25.0 Å². The molecule has 0 aliphatic carbocycles. The number of methoxy groups -OCH3 is 1. The molecule has 0 amide bonds. The zero-order chi connectivity index (χ0) is 18.6. The summed E-state index contributed by atoms with van der Waals surface area (Å²) in [7, 11) is 1.65. The molecule has 2 aromatic heterocycles. The van der Waals surface area contributed by atoms with E-state index in [0.29, 0.717) is 18.4 Å². The number of nitrogens with one attached hydrogen (secondary N) is 1. The molecule has 0 atom stereocenters. The van der Waals surface area contributed by atoms with Gasteiger partial charge in [-0.25, -0.2) is 4.68 Å². The van der Waals surface area contributed by atoms with Crippen molar-refractivity contribution in [3.05, 3.63) is 60.8 Å². The molecular weight excluding hydrogens is 342 g/mol. The Kier molecular flexibility index (Phi) is 4.57. The Morgan fingerprint density at radius 2 is 1.81 bits per heavy atom. The second-order valence-electron chi connectivity index (χ2n) is 5.80. The molecule has 0 saturated carbocycles. The van der Waals surface area contributed by atoms with Gasteiger partial charge in [0.2, 0.25) is 0 Å². The van der Waals surface area contributed by atoms with Crippen molar-refractivity contribution in [2.45, 2.75) is 6.92 Å². The third kappa shape index (κ3) is 3.39. The van der Waals surface area contributed by atoms with E-state index in [1.165, 1.54) is 0 Å². The van der Waals surface area contributed by atoms with Gasteiger partial charge in [-0.15, -0.1) is 5.10 Å². The Bertz CT molecular complexity index is 1020. The van der Waals surface area contributed by atoms with Gasteiger partial charge in [0.1, 0.15) is 11.4 Å². The van der Waals surface area contributed by atoms with Crippen LogP contribution in [0.15, 0.2) is 60.8 Å². The summed E-state index contributed by atoms with van der Waals surface area (Å²) in [5, 5.41) is 11.8. The van der Waals surface area contributed by atoms with Gasteiger partial charge < -0.3 is 9.47 Å². The van der Waals surface area contributed by atoms with Crippen LogP contribution >= 0.6 is 0 Å². The van der Waals surface area contributed by atoms with E-state index < -0.39 is 0 Å². The molecule has 2 aromatic carbocycles. The topological polar surface area (TPSA) is 77.8 Å². The minimum Gasteiger partial charge on any atom is -0.497 e. The second kappa shape index (κ2) is 7.33. The lowest BCUT2D eigenvalue weighted by Crippen LogP contribution is -1.94. The summed E-state index contributed by atoms with van der Waals surface area (Å²) >= 11 is 0. The number of H-pyrrole nitrogens is 1. The second-order valence-corrected chi connectivity index (χ2v) is 5.80. The number of ether oxygens (including phenoxy) is 2. The predicted octanol–water partition coefficient (Wildman–Crippen LogP) is 3.73. The maximum atomic E-state index is 5.38. The monoisotopic (exact) mass is 361 g/mol. The highest BCUT2D eigenvalue weighted by Crippen LogP contribution is 2.31. The third-order valence-corrected chi connectivity index (χ3v) is 4.09. The molecule has 27 heavy (non-hydrogen) atoms. The number of benzene rings is 2. The molecular formula is C20H19N5O2.